The second-order valence-electron chi connectivity index (χ2n) is 7.17. The quantitative estimate of drug-likeness (QED) is 0.889. The van der Waals surface area contributed by atoms with Crippen LogP contribution in [0.25, 0.3) is 0 Å². The number of carbonyl (C=O) groups is 2. The Morgan fingerprint density at radius 2 is 1.42 bits per heavy atom. The first-order valence-corrected chi connectivity index (χ1v) is 9.28. The highest BCUT2D eigenvalue weighted by Gasteiger charge is 2.26. The molecule has 24 heavy (non-hydrogen) atoms. The van der Waals surface area contributed by atoms with Gasteiger partial charge in [-0.25, -0.2) is 4.98 Å². The molecule has 2 aliphatic carbocycles. The van der Waals surface area contributed by atoms with E-state index in [9.17, 15) is 9.59 Å². The van der Waals surface area contributed by atoms with Crippen molar-refractivity contribution in [3.8, 4) is 0 Å². The highest BCUT2D eigenvalue weighted by atomic mass is 16.2. The molecule has 0 atom stereocenters. The SMILES string of the molecule is Cn1cnc(C(=O)NC2CCCCC2)c1C(=O)NC1CCCCC1. The van der Waals surface area contributed by atoms with Gasteiger partial charge in [0.1, 0.15) is 5.69 Å². The zero-order chi connectivity index (χ0) is 16.9. The van der Waals surface area contributed by atoms with E-state index in [2.05, 4.69) is 15.6 Å². The zero-order valence-electron chi connectivity index (χ0n) is 14.5. The van der Waals surface area contributed by atoms with Gasteiger partial charge in [0.25, 0.3) is 11.8 Å². The van der Waals surface area contributed by atoms with Gasteiger partial charge in [-0.1, -0.05) is 38.5 Å². The molecule has 2 amide bonds. The van der Waals surface area contributed by atoms with E-state index in [-0.39, 0.29) is 29.6 Å². The lowest BCUT2D eigenvalue weighted by Crippen LogP contribution is -2.40. The molecule has 0 aliphatic heterocycles. The summed E-state index contributed by atoms with van der Waals surface area (Å²) in [5.74, 6) is -0.410. The topological polar surface area (TPSA) is 76.0 Å². The molecule has 0 bridgehead atoms. The van der Waals surface area contributed by atoms with Gasteiger partial charge in [0.15, 0.2) is 5.69 Å². The van der Waals surface area contributed by atoms with Crippen molar-refractivity contribution in [1.82, 2.24) is 20.2 Å². The smallest absolute Gasteiger partial charge is 0.272 e. The lowest BCUT2D eigenvalue weighted by atomic mass is 9.95. The Balaban J connectivity index is 1.67. The van der Waals surface area contributed by atoms with Crippen LogP contribution in [0.1, 0.15) is 85.2 Å². The molecular weight excluding hydrogens is 304 g/mol. The fourth-order valence-corrected chi connectivity index (χ4v) is 3.87. The van der Waals surface area contributed by atoms with E-state index in [0.29, 0.717) is 5.69 Å². The van der Waals surface area contributed by atoms with Crippen LogP contribution in [0, 0.1) is 0 Å². The largest absolute Gasteiger partial charge is 0.348 e. The third-order valence-electron chi connectivity index (χ3n) is 5.25. The van der Waals surface area contributed by atoms with E-state index in [1.165, 1.54) is 12.8 Å². The number of nitrogens with zero attached hydrogens (tertiary/aromatic N) is 2. The fourth-order valence-electron chi connectivity index (χ4n) is 3.87. The minimum absolute atomic E-state index is 0.185. The second kappa shape index (κ2) is 7.81. The van der Waals surface area contributed by atoms with Gasteiger partial charge in [-0.05, 0) is 25.7 Å². The van der Waals surface area contributed by atoms with Gasteiger partial charge in [-0.15, -0.1) is 0 Å². The van der Waals surface area contributed by atoms with Crippen LogP contribution in [-0.4, -0.2) is 33.4 Å². The van der Waals surface area contributed by atoms with Gasteiger partial charge in [0, 0.05) is 19.1 Å². The summed E-state index contributed by atoms with van der Waals surface area (Å²) in [5.41, 5.74) is 0.616. The van der Waals surface area contributed by atoms with Crippen molar-refractivity contribution in [2.45, 2.75) is 76.3 Å². The van der Waals surface area contributed by atoms with E-state index < -0.39 is 0 Å². The van der Waals surface area contributed by atoms with Gasteiger partial charge in [0.2, 0.25) is 0 Å². The number of hydrogen-bond donors (Lipinski definition) is 2. The van der Waals surface area contributed by atoms with Crippen LogP contribution < -0.4 is 10.6 Å². The molecular formula is C18H28N4O2. The average Bonchev–Trinajstić information content (AvgIpc) is 2.98. The predicted octanol–water partition coefficient (Wildman–Crippen LogP) is 2.55. The van der Waals surface area contributed by atoms with Crippen LogP contribution in [0.15, 0.2) is 6.33 Å². The minimum Gasteiger partial charge on any atom is -0.348 e. The Bertz CT molecular complexity index is 584. The highest BCUT2D eigenvalue weighted by Crippen LogP contribution is 2.20. The summed E-state index contributed by atoms with van der Waals surface area (Å²) in [6.45, 7) is 0. The van der Waals surface area contributed by atoms with Gasteiger partial charge in [0.05, 0.1) is 6.33 Å². The van der Waals surface area contributed by atoms with Crippen molar-refractivity contribution in [3.05, 3.63) is 17.7 Å². The molecule has 0 radical (unpaired) electrons. The predicted molar refractivity (Wildman–Crippen MR) is 91.9 cm³/mol. The summed E-state index contributed by atoms with van der Waals surface area (Å²) in [6.07, 6.45) is 12.7. The van der Waals surface area contributed by atoms with Crippen molar-refractivity contribution >= 4 is 11.8 Å². The Morgan fingerprint density at radius 1 is 0.917 bits per heavy atom. The molecule has 0 spiro atoms. The van der Waals surface area contributed by atoms with Crippen molar-refractivity contribution in [1.29, 1.82) is 0 Å². The van der Waals surface area contributed by atoms with E-state index >= 15 is 0 Å². The molecule has 1 heterocycles. The molecule has 6 nitrogen and oxygen atoms in total. The van der Waals surface area contributed by atoms with Crippen LogP contribution in [0.4, 0.5) is 0 Å². The maximum atomic E-state index is 12.7. The molecule has 0 saturated heterocycles. The molecule has 6 heteroatoms. The van der Waals surface area contributed by atoms with Crippen molar-refractivity contribution in [2.24, 2.45) is 7.05 Å². The molecule has 1 aromatic heterocycles. The molecule has 2 fully saturated rings. The van der Waals surface area contributed by atoms with Crippen molar-refractivity contribution in [3.63, 3.8) is 0 Å². The number of carbonyl (C=O) groups excluding carboxylic acids is 2. The van der Waals surface area contributed by atoms with E-state index in [4.69, 9.17) is 0 Å². The van der Waals surface area contributed by atoms with Gasteiger partial charge in [-0.2, -0.15) is 0 Å². The van der Waals surface area contributed by atoms with Gasteiger partial charge >= 0.3 is 0 Å². The first kappa shape index (κ1) is 17.0. The fraction of sp³-hybridized carbons (Fsp3) is 0.722. The van der Waals surface area contributed by atoms with Crippen LogP contribution in [0.5, 0.6) is 0 Å². The first-order valence-electron chi connectivity index (χ1n) is 9.28. The number of aryl methyl sites for hydroxylation is 1. The van der Waals surface area contributed by atoms with Crippen LogP contribution in [0.2, 0.25) is 0 Å². The van der Waals surface area contributed by atoms with E-state index in [1.54, 1.807) is 17.9 Å². The normalized spacial score (nSPS) is 19.9. The highest BCUT2D eigenvalue weighted by molar-refractivity contribution is 6.05. The summed E-state index contributed by atoms with van der Waals surface area (Å²) in [7, 11) is 1.76. The lowest BCUT2D eigenvalue weighted by Gasteiger charge is -2.24. The average molecular weight is 332 g/mol. The number of nitrogens with one attached hydrogen (secondary N) is 2. The monoisotopic (exact) mass is 332 g/mol. The third-order valence-corrected chi connectivity index (χ3v) is 5.25. The Morgan fingerprint density at radius 3 is 1.96 bits per heavy atom. The maximum Gasteiger partial charge on any atom is 0.272 e. The number of hydrogen-bond acceptors (Lipinski definition) is 3. The molecule has 132 valence electrons. The summed E-state index contributed by atoms with van der Waals surface area (Å²) in [6, 6.07) is 0.429. The molecule has 1 aromatic rings. The molecule has 0 unspecified atom stereocenters. The van der Waals surface area contributed by atoms with Crippen LogP contribution >= 0.6 is 0 Å². The van der Waals surface area contributed by atoms with Crippen molar-refractivity contribution < 1.29 is 9.59 Å². The van der Waals surface area contributed by atoms with Gasteiger partial charge < -0.3 is 15.2 Å². The summed E-state index contributed by atoms with van der Waals surface area (Å²) in [4.78, 5) is 29.4. The summed E-state index contributed by atoms with van der Waals surface area (Å²) >= 11 is 0. The minimum atomic E-state index is -0.226. The molecule has 3 rings (SSSR count). The number of rotatable bonds is 4. The standard InChI is InChI=1S/C18H28N4O2/c1-22-12-19-15(17(23)20-13-8-4-2-5-9-13)16(22)18(24)21-14-10-6-3-7-11-14/h12-14H,2-11H2,1H3,(H,20,23)(H,21,24). The third kappa shape index (κ3) is 3.97. The maximum absolute atomic E-state index is 12.7. The molecule has 2 saturated carbocycles. The number of imidazole rings is 1. The molecule has 0 aromatic carbocycles. The Kier molecular flexibility index (Phi) is 5.53. The zero-order valence-corrected chi connectivity index (χ0v) is 14.5. The van der Waals surface area contributed by atoms with E-state index in [0.717, 1.165) is 51.4 Å². The number of aromatic nitrogens is 2. The Hall–Kier alpha value is -1.85. The Labute approximate surface area is 143 Å². The molecule has 2 N–H and O–H groups in total. The summed E-state index contributed by atoms with van der Waals surface area (Å²) < 4.78 is 1.65. The van der Waals surface area contributed by atoms with Crippen LogP contribution in [-0.2, 0) is 7.05 Å². The van der Waals surface area contributed by atoms with Crippen molar-refractivity contribution in [2.75, 3.05) is 0 Å². The first-order chi connectivity index (χ1) is 11.6. The number of amides is 2. The summed E-state index contributed by atoms with van der Waals surface area (Å²) in [5, 5.41) is 6.13. The lowest BCUT2D eigenvalue weighted by molar-refractivity contribution is 0.0884. The molecule has 2 aliphatic rings. The second-order valence-corrected chi connectivity index (χ2v) is 7.17. The van der Waals surface area contributed by atoms with Gasteiger partial charge in [-0.3, -0.25) is 9.59 Å². The van der Waals surface area contributed by atoms with Crippen LogP contribution in [0.3, 0.4) is 0 Å². The van der Waals surface area contributed by atoms with E-state index in [1.807, 2.05) is 0 Å².